The van der Waals surface area contributed by atoms with Crippen LogP contribution in [0.2, 0.25) is 0 Å². The molecule has 1 fully saturated rings. The summed E-state index contributed by atoms with van der Waals surface area (Å²) < 4.78 is 7.87. The second-order valence-electron chi connectivity index (χ2n) is 6.33. The Morgan fingerprint density at radius 1 is 1.33 bits per heavy atom. The van der Waals surface area contributed by atoms with Gasteiger partial charge in [-0.05, 0) is 66.0 Å². The number of thioether (sulfide) groups is 1. The number of aromatic nitrogens is 1. The van der Waals surface area contributed by atoms with E-state index in [1.54, 1.807) is 23.1 Å². The molecule has 0 spiro atoms. The van der Waals surface area contributed by atoms with Crippen LogP contribution in [0.15, 0.2) is 47.4 Å². The number of carbonyl (C=O) groups is 1. The first-order valence-electron chi connectivity index (χ1n) is 8.79. The molecular formula is C20H19IN2O2S2. The van der Waals surface area contributed by atoms with E-state index >= 15 is 0 Å². The lowest BCUT2D eigenvalue weighted by Crippen LogP contribution is -2.37. The number of fused-ring (bicyclic) bond motifs is 1. The molecule has 1 aliphatic heterocycles. The zero-order valence-corrected chi connectivity index (χ0v) is 18.6. The second kappa shape index (κ2) is 8.46. The van der Waals surface area contributed by atoms with Crippen molar-refractivity contribution >= 4 is 66.9 Å². The molecule has 1 atom stereocenters. The summed E-state index contributed by atoms with van der Waals surface area (Å²) in [7, 11) is 0. The number of para-hydroxylation sites is 1. The predicted molar refractivity (Wildman–Crippen MR) is 121 cm³/mol. The van der Waals surface area contributed by atoms with Gasteiger partial charge in [0.15, 0.2) is 5.13 Å². The van der Waals surface area contributed by atoms with Crippen molar-refractivity contribution in [3.05, 3.63) is 51.6 Å². The molecule has 1 unspecified atom stereocenters. The first-order chi connectivity index (χ1) is 13.2. The SMILES string of the molecule is CSc1cccc2sc(N(CC3CCCO3)C(=O)c3ccccc3I)nc12. The summed E-state index contributed by atoms with van der Waals surface area (Å²) in [4.78, 5) is 21.2. The number of benzene rings is 2. The highest BCUT2D eigenvalue weighted by molar-refractivity contribution is 14.1. The molecule has 0 N–H and O–H groups in total. The maximum absolute atomic E-state index is 13.4. The number of carbonyl (C=O) groups excluding carboxylic acids is 1. The lowest BCUT2D eigenvalue weighted by Gasteiger charge is -2.23. The van der Waals surface area contributed by atoms with Gasteiger partial charge in [0.25, 0.3) is 5.91 Å². The van der Waals surface area contributed by atoms with E-state index in [9.17, 15) is 4.79 Å². The highest BCUT2D eigenvalue weighted by atomic mass is 127. The summed E-state index contributed by atoms with van der Waals surface area (Å²) >= 11 is 5.47. The monoisotopic (exact) mass is 510 g/mol. The molecule has 27 heavy (non-hydrogen) atoms. The zero-order chi connectivity index (χ0) is 18.8. The largest absolute Gasteiger partial charge is 0.376 e. The maximum Gasteiger partial charge on any atom is 0.261 e. The minimum absolute atomic E-state index is 0.0137. The Morgan fingerprint density at radius 3 is 2.93 bits per heavy atom. The molecule has 0 radical (unpaired) electrons. The van der Waals surface area contributed by atoms with Crippen LogP contribution >= 0.6 is 45.7 Å². The van der Waals surface area contributed by atoms with Crippen LogP contribution in [0.25, 0.3) is 10.2 Å². The predicted octanol–water partition coefficient (Wildman–Crippen LogP) is 5.45. The normalized spacial score (nSPS) is 16.7. The summed E-state index contributed by atoms with van der Waals surface area (Å²) in [6.07, 6.45) is 4.15. The van der Waals surface area contributed by atoms with E-state index in [4.69, 9.17) is 9.72 Å². The Kier molecular flexibility index (Phi) is 6.01. The summed E-state index contributed by atoms with van der Waals surface area (Å²) in [6, 6.07) is 13.9. The average Bonchev–Trinajstić information content (AvgIpc) is 3.35. The molecule has 3 aromatic rings. The van der Waals surface area contributed by atoms with Crippen LogP contribution in [-0.2, 0) is 4.74 Å². The summed E-state index contributed by atoms with van der Waals surface area (Å²) in [5, 5.41) is 0.742. The number of ether oxygens (including phenoxy) is 1. The fourth-order valence-electron chi connectivity index (χ4n) is 3.21. The minimum atomic E-state index is -0.0137. The number of rotatable bonds is 5. The van der Waals surface area contributed by atoms with Crippen molar-refractivity contribution in [2.75, 3.05) is 24.3 Å². The van der Waals surface area contributed by atoms with Crippen molar-refractivity contribution in [3.8, 4) is 0 Å². The molecule has 0 aliphatic carbocycles. The van der Waals surface area contributed by atoms with Crippen LogP contribution in [0.4, 0.5) is 5.13 Å². The average molecular weight is 510 g/mol. The Balaban J connectivity index is 1.75. The molecule has 2 aromatic carbocycles. The van der Waals surface area contributed by atoms with Gasteiger partial charge in [0.05, 0.1) is 28.4 Å². The number of amides is 1. The van der Waals surface area contributed by atoms with Crippen molar-refractivity contribution in [1.29, 1.82) is 0 Å². The number of thiazole rings is 1. The fraction of sp³-hybridized carbons (Fsp3) is 0.300. The van der Waals surface area contributed by atoms with Gasteiger partial charge in [-0.2, -0.15) is 0 Å². The van der Waals surface area contributed by atoms with E-state index in [2.05, 4.69) is 41.0 Å². The third-order valence-electron chi connectivity index (χ3n) is 4.58. The molecule has 4 rings (SSSR count). The van der Waals surface area contributed by atoms with E-state index in [0.29, 0.717) is 12.1 Å². The third kappa shape index (κ3) is 4.01. The first kappa shape index (κ1) is 19.2. The number of hydrogen-bond acceptors (Lipinski definition) is 5. The van der Waals surface area contributed by atoms with Crippen molar-refractivity contribution in [1.82, 2.24) is 4.98 Å². The lowest BCUT2D eigenvalue weighted by molar-refractivity contribution is 0.0916. The van der Waals surface area contributed by atoms with Crippen LogP contribution in [0.1, 0.15) is 23.2 Å². The number of halogens is 1. The number of hydrogen-bond donors (Lipinski definition) is 0. The van der Waals surface area contributed by atoms with Gasteiger partial charge in [-0.3, -0.25) is 9.69 Å². The highest BCUT2D eigenvalue weighted by Gasteiger charge is 2.28. The Bertz CT molecular complexity index is 970. The molecule has 1 amide bonds. The molecule has 1 saturated heterocycles. The molecule has 2 heterocycles. The summed E-state index contributed by atoms with van der Waals surface area (Å²) in [5.74, 6) is -0.0137. The molecule has 140 valence electrons. The maximum atomic E-state index is 13.4. The zero-order valence-electron chi connectivity index (χ0n) is 14.9. The van der Waals surface area contributed by atoms with E-state index < -0.39 is 0 Å². The Morgan fingerprint density at radius 2 is 2.19 bits per heavy atom. The minimum Gasteiger partial charge on any atom is -0.376 e. The molecule has 7 heteroatoms. The van der Waals surface area contributed by atoms with Crippen LogP contribution in [0, 0.1) is 3.57 Å². The van der Waals surface area contributed by atoms with E-state index in [1.807, 2.05) is 35.2 Å². The van der Waals surface area contributed by atoms with Crippen LogP contribution < -0.4 is 4.90 Å². The van der Waals surface area contributed by atoms with E-state index in [1.165, 1.54) is 0 Å². The topological polar surface area (TPSA) is 42.4 Å². The van der Waals surface area contributed by atoms with Gasteiger partial charge in [0.2, 0.25) is 0 Å². The van der Waals surface area contributed by atoms with Gasteiger partial charge >= 0.3 is 0 Å². The smallest absolute Gasteiger partial charge is 0.261 e. The molecule has 1 aromatic heterocycles. The van der Waals surface area contributed by atoms with Crippen LogP contribution in [-0.4, -0.2) is 36.4 Å². The molecule has 0 bridgehead atoms. The van der Waals surface area contributed by atoms with Gasteiger partial charge in [0, 0.05) is 15.1 Å². The van der Waals surface area contributed by atoms with Gasteiger partial charge in [-0.25, -0.2) is 4.98 Å². The molecule has 0 saturated carbocycles. The molecule has 1 aliphatic rings. The van der Waals surface area contributed by atoms with Gasteiger partial charge in [0.1, 0.15) is 0 Å². The van der Waals surface area contributed by atoms with Crippen molar-refractivity contribution < 1.29 is 9.53 Å². The Labute approximate surface area is 180 Å². The third-order valence-corrected chi connectivity index (χ3v) is 7.33. The van der Waals surface area contributed by atoms with Crippen molar-refractivity contribution in [2.45, 2.75) is 23.8 Å². The highest BCUT2D eigenvalue weighted by Crippen LogP contribution is 2.35. The van der Waals surface area contributed by atoms with Gasteiger partial charge in [-0.1, -0.05) is 29.5 Å². The van der Waals surface area contributed by atoms with Crippen LogP contribution in [0.3, 0.4) is 0 Å². The van der Waals surface area contributed by atoms with E-state index in [0.717, 1.165) is 43.3 Å². The van der Waals surface area contributed by atoms with Gasteiger partial charge < -0.3 is 4.74 Å². The lowest BCUT2D eigenvalue weighted by atomic mass is 10.2. The quantitative estimate of drug-likeness (QED) is 0.338. The summed E-state index contributed by atoms with van der Waals surface area (Å²) in [6.45, 7) is 1.31. The number of anilines is 1. The van der Waals surface area contributed by atoms with E-state index in [-0.39, 0.29) is 12.0 Å². The number of nitrogens with zero attached hydrogens (tertiary/aromatic N) is 2. The second-order valence-corrected chi connectivity index (χ2v) is 9.35. The first-order valence-corrected chi connectivity index (χ1v) is 11.9. The van der Waals surface area contributed by atoms with Crippen LogP contribution in [0.5, 0.6) is 0 Å². The Hall–Kier alpha value is -1.16. The standard InChI is InChI=1S/C20H19IN2O2S2/c1-26-16-9-4-10-17-18(16)22-20(27-17)23(12-13-6-5-11-25-13)19(24)14-7-2-3-8-15(14)21/h2-4,7-10,13H,5-6,11-12H2,1H3. The molecular weight excluding hydrogens is 491 g/mol. The fourth-order valence-corrected chi connectivity index (χ4v) is 5.46. The van der Waals surface area contributed by atoms with Crippen molar-refractivity contribution in [3.63, 3.8) is 0 Å². The van der Waals surface area contributed by atoms with Crippen molar-refractivity contribution in [2.24, 2.45) is 0 Å². The van der Waals surface area contributed by atoms with Gasteiger partial charge in [-0.15, -0.1) is 11.8 Å². The summed E-state index contributed by atoms with van der Waals surface area (Å²) in [5.41, 5.74) is 1.68. The molecule has 4 nitrogen and oxygen atoms in total.